The molecule has 1 aromatic carbocycles. The average Bonchev–Trinajstić information content (AvgIpc) is 2.43. The lowest BCUT2D eigenvalue weighted by Gasteiger charge is -2.32. The summed E-state index contributed by atoms with van der Waals surface area (Å²) in [7, 11) is 1.49. The van der Waals surface area contributed by atoms with Crippen LogP contribution in [0.5, 0.6) is 11.5 Å². The number of hydrogen-bond donors (Lipinski definition) is 3. The number of rotatable bonds is 5. The van der Waals surface area contributed by atoms with Crippen molar-refractivity contribution >= 4 is 11.6 Å². The summed E-state index contributed by atoms with van der Waals surface area (Å²) in [6.45, 7) is 0.979. The second-order valence-electron chi connectivity index (χ2n) is 5.50. The Balaban J connectivity index is 1.95. The van der Waals surface area contributed by atoms with Crippen LogP contribution in [0, 0.1) is 0 Å². The van der Waals surface area contributed by atoms with Gasteiger partial charge in [0.05, 0.1) is 12.7 Å². The lowest BCUT2D eigenvalue weighted by molar-refractivity contribution is 0.00463. The monoisotopic (exact) mass is 299 g/mol. The van der Waals surface area contributed by atoms with E-state index in [0.29, 0.717) is 29.4 Å². The fourth-order valence-electron chi connectivity index (χ4n) is 2.74. The Morgan fingerprint density at radius 1 is 1.30 bits per heavy atom. The van der Waals surface area contributed by atoms with Crippen molar-refractivity contribution in [2.75, 3.05) is 13.7 Å². The smallest absolute Gasteiger partial charge is 0.162 e. The van der Waals surface area contributed by atoms with E-state index in [1.54, 1.807) is 12.1 Å². The molecule has 0 amide bonds. The van der Waals surface area contributed by atoms with Gasteiger partial charge in [0.1, 0.15) is 0 Å². The highest BCUT2D eigenvalue weighted by molar-refractivity contribution is 6.30. The minimum atomic E-state index is -0.615. The average molecular weight is 300 g/mol. The molecule has 1 fully saturated rings. The van der Waals surface area contributed by atoms with E-state index in [1.807, 2.05) is 0 Å². The number of aliphatic hydroxyl groups is 1. The molecule has 1 aliphatic rings. The standard InChI is InChI=1S/C15H22ClNO3/c1-20-13-8-12(16)7-11(14(13)18)9-17-10-15(19)5-3-2-4-6-15/h7-8,17-19H,2-6,9-10H2,1H3. The van der Waals surface area contributed by atoms with Gasteiger partial charge in [-0.2, -0.15) is 0 Å². The van der Waals surface area contributed by atoms with Crippen LogP contribution in [0.4, 0.5) is 0 Å². The third-order valence-corrected chi connectivity index (χ3v) is 4.11. The maximum atomic E-state index is 10.4. The molecule has 0 saturated heterocycles. The van der Waals surface area contributed by atoms with Crippen LogP contribution in [-0.4, -0.2) is 29.5 Å². The lowest BCUT2D eigenvalue weighted by Crippen LogP contribution is -2.41. The highest BCUT2D eigenvalue weighted by Gasteiger charge is 2.28. The van der Waals surface area contributed by atoms with Crippen LogP contribution in [0.2, 0.25) is 5.02 Å². The molecule has 0 aliphatic heterocycles. The Morgan fingerprint density at radius 2 is 2.00 bits per heavy atom. The van der Waals surface area contributed by atoms with Crippen LogP contribution in [-0.2, 0) is 6.54 Å². The number of ether oxygens (including phenoxy) is 1. The highest BCUT2D eigenvalue weighted by Crippen LogP contribution is 2.33. The number of phenols is 1. The molecule has 1 aromatic rings. The zero-order valence-corrected chi connectivity index (χ0v) is 12.5. The van der Waals surface area contributed by atoms with Crippen LogP contribution in [0.3, 0.4) is 0 Å². The second-order valence-corrected chi connectivity index (χ2v) is 5.94. The Bertz CT molecular complexity index is 459. The first kappa shape index (κ1) is 15.4. The van der Waals surface area contributed by atoms with Crippen molar-refractivity contribution in [2.45, 2.75) is 44.2 Å². The van der Waals surface area contributed by atoms with Gasteiger partial charge in [0, 0.05) is 29.7 Å². The maximum Gasteiger partial charge on any atom is 0.162 e. The molecule has 0 spiro atoms. The molecule has 1 saturated carbocycles. The van der Waals surface area contributed by atoms with Crippen molar-refractivity contribution in [3.05, 3.63) is 22.7 Å². The molecule has 1 aliphatic carbocycles. The van der Waals surface area contributed by atoms with Gasteiger partial charge in [-0.1, -0.05) is 30.9 Å². The fourth-order valence-corrected chi connectivity index (χ4v) is 2.97. The number of phenolic OH excluding ortho intramolecular Hbond substituents is 1. The van der Waals surface area contributed by atoms with Crippen LogP contribution in [0.25, 0.3) is 0 Å². The lowest BCUT2D eigenvalue weighted by atomic mass is 9.85. The van der Waals surface area contributed by atoms with Gasteiger partial charge >= 0.3 is 0 Å². The van der Waals surface area contributed by atoms with Gasteiger partial charge < -0.3 is 20.3 Å². The quantitative estimate of drug-likeness (QED) is 0.782. The molecule has 0 aromatic heterocycles. The first-order valence-corrected chi connectivity index (χ1v) is 7.40. The zero-order chi connectivity index (χ0) is 14.6. The van der Waals surface area contributed by atoms with Gasteiger partial charge in [0.15, 0.2) is 11.5 Å². The maximum absolute atomic E-state index is 10.4. The van der Waals surface area contributed by atoms with Gasteiger partial charge in [-0.15, -0.1) is 0 Å². The van der Waals surface area contributed by atoms with Gasteiger partial charge in [0.2, 0.25) is 0 Å². The van der Waals surface area contributed by atoms with E-state index in [9.17, 15) is 10.2 Å². The first-order valence-electron chi connectivity index (χ1n) is 7.02. The summed E-state index contributed by atoms with van der Waals surface area (Å²) in [6, 6.07) is 3.28. The van der Waals surface area contributed by atoms with E-state index in [-0.39, 0.29) is 5.75 Å². The summed E-state index contributed by atoms with van der Waals surface area (Å²) in [5.74, 6) is 0.464. The molecule has 3 N–H and O–H groups in total. The summed E-state index contributed by atoms with van der Waals surface area (Å²) in [4.78, 5) is 0. The van der Waals surface area contributed by atoms with Gasteiger partial charge in [-0.25, -0.2) is 0 Å². The Hall–Kier alpha value is -0.970. The minimum absolute atomic E-state index is 0.0973. The molecule has 0 bridgehead atoms. The van der Waals surface area contributed by atoms with E-state index in [4.69, 9.17) is 16.3 Å². The Morgan fingerprint density at radius 3 is 2.65 bits per heavy atom. The number of aromatic hydroxyl groups is 1. The van der Waals surface area contributed by atoms with Crippen molar-refractivity contribution in [1.82, 2.24) is 5.32 Å². The number of methoxy groups -OCH3 is 1. The normalized spacial score (nSPS) is 17.9. The molecule has 0 unspecified atom stereocenters. The molecule has 0 radical (unpaired) electrons. The summed E-state index contributed by atoms with van der Waals surface area (Å²) < 4.78 is 5.07. The molecule has 20 heavy (non-hydrogen) atoms. The summed E-state index contributed by atoms with van der Waals surface area (Å²) in [6.07, 6.45) is 5.03. The number of benzene rings is 1. The van der Waals surface area contributed by atoms with E-state index < -0.39 is 5.60 Å². The van der Waals surface area contributed by atoms with Crippen molar-refractivity contribution in [3.8, 4) is 11.5 Å². The van der Waals surface area contributed by atoms with Crippen LogP contribution in [0.15, 0.2) is 12.1 Å². The molecule has 0 atom stereocenters. The molecule has 2 rings (SSSR count). The summed E-state index contributed by atoms with van der Waals surface area (Å²) in [5.41, 5.74) is 0.0602. The predicted octanol–water partition coefficient (Wildman–Crippen LogP) is 2.84. The van der Waals surface area contributed by atoms with Crippen LogP contribution >= 0.6 is 11.6 Å². The summed E-state index contributed by atoms with van der Waals surface area (Å²) >= 11 is 5.99. The van der Waals surface area contributed by atoms with Crippen LogP contribution < -0.4 is 10.1 Å². The molecule has 5 heteroatoms. The molecule has 0 heterocycles. The van der Waals surface area contributed by atoms with Crippen molar-refractivity contribution < 1.29 is 14.9 Å². The van der Waals surface area contributed by atoms with E-state index in [1.165, 1.54) is 13.5 Å². The molecular formula is C15H22ClNO3. The highest BCUT2D eigenvalue weighted by atomic mass is 35.5. The molecule has 4 nitrogen and oxygen atoms in total. The van der Waals surface area contributed by atoms with Crippen molar-refractivity contribution in [3.63, 3.8) is 0 Å². The SMILES string of the molecule is COc1cc(Cl)cc(CNCC2(O)CCCCC2)c1O. The number of hydrogen-bond acceptors (Lipinski definition) is 4. The van der Waals surface area contributed by atoms with Gasteiger partial charge in [0.25, 0.3) is 0 Å². The fraction of sp³-hybridized carbons (Fsp3) is 0.600. The number of halogens is 1. The largest absolute Gasteiger partial charge is 0.504 e. The molecule has 112 valence electrons. The Labute approximate surface area is 124 Å². The molecular weight excluding hydrogens is 278 g/mol. The van der Waals surface area contributed by atoms with E-state index in [2.05, 4.69) is 5.32 Å². The first-order chi connectivity index (χ1) is 9.54. The zero-order valence-electron chi connectivity index (χ0n) is 11.8. The van der Waals surface area contributed by atoms with E-state index >= 15 is 0 Å². The third kappa shape index (κ3) is 3.78. The van der Waals surface area contributed by atoms with Gasteiger partial charge in [-0.05, 0) is 18.9 Å². The van der Waals surface area contributed by atoms with E-state index in [0.717, 1.165) is 25.7 Å². The predicted molar refractivity (Wildman–Crippen MR) is 79.4 cm³/mol. The second kappa shape index (κ2) is 6.66. The number of nitrogens with one attached hydrogen (secondary N) is 1. The van der Waals surface area contributed by atoms with Gasteiger partial charge in [-0.3, -0.25) is 0 Å². The Kier molecular flexibility index (Phi) is 5.13. The third-order valence-electron chi connectivity index (χ3n) is 3.89. The van der Waals surface area contributed by atoms with Crippen molar-refractivity contribution in [2.24, 2.45) is 0 Å². The minimum Gasteiger partial charge on any atom is -0.504 e. The topological polar surface area (TPSA) is 61.7 Å². The summed E-state index contributed by atoms with van der Waals surface area (Å²) in [5, 5.41) is 24.2. The van der Waals surface area contributed by atoms with Crippen LogP contribution in [0.1, 0.15) is 37.7 Å². The van der Waals surface area contributed by atoms with Crippen molar-refractivity contribution in [1.29, 1.82) is 0 Å².